The Hall–Kier alpha value is -2.15. The van der Waals surface area contributed by atoms with Crippen LogP contribution < -0.4 is 10.1 Å². The second-order valence-electron chi connectivity index (χ2n) is 4.51. The third-order valence-electron chi connectivity index (χ3n) is 2.77. The van der Waals surface area contributed by atoms with Gasteiger partial charge < -0.3 is 4.74 Å². The van der Waals surface area contributed by atoms with Gasteiger partial charge in [0.2, 0.25) is 0 Å². The first-order valence-electron chi connectivity index (χ1n) is 6.46. The van der Waals surface area contributed by atoms with Gasteiger partial charge in [-0.25, -0.2) is 0 Å². The van der Waals surface area contributed by atoms with Crippen LogP contribution in [-0.4, -0.2) is 32.7 Å². The van der Waals surface area contributed by atoms with Crippen LogP contribution in [0.1, 0.15) is 18.1 Å². The first-order valence-corrected chi connectivity index (χ1v) is 6.84. The summed E-state index contributed by atoms with van der Waals surface area (Å²) in [5.74, 6) is 0.402. The Morgan fingerprint density at radius 1 is 1.38 bits per heavy atom. The summed E-state index contributed by atoms with van der Waals surface area (Å²) in [5, 5.41) is 14.6. The molecule has 0 unspecified atom stereocenters. The summed E-state index contributed by atoms with van der Waals surface area (Å²) >= 11 is 6.08. The number of nitrogens with one attached hydrogen (secondary N) is 1. The van der Waals surface area contributed by atoms with E-state index < -0.39 is 0 Å². The molecule has 112 valence electrons. The smallest absolute Gasteiger partial charge is 0.270 e. The molecule has 0 bridgehead atoms. The highest BCUT2D eigenvalue weighted by atomic mass is 35.5. The molecule has 2 rings (SSSR count). The van der Waals surface area contributed by atoms with E-state index in [9.17, 15) is 4.79 Å². The molecule has 0 aliphatic rings. The standard InChI is InChI=1S/C13H16ClN5O2/c1-4-19-17-13(16-18-19)15-11(20)7-21-10-5-8(2)12(14)9(3)6-10/h5-6H,4,7H2,1-3H3,(H,15,17,20). The zero-order chi connectivity index (χ0) is 15.4. The summed E-state index contributed by atoms with van der Waals surface area (Å²) < 4.78 is 5.44. The maximum Gasteiger partial charge on any atom is 0.270 e. The summed E-state index contributed by atoms with van der Waals surface area (Å²) in [6.45, 7) is 6.09. The highest BCUT2D eigenvalue weighted by Gasteiger charge is 2.09. The van der Waals surface area contributed by atoms with Crippen molar-refractivity contribution in [2.75, 3.05) is 11.9 Å². The second-order valence-corrected chi connectivity index (χ2v) is 4.89. The molecule has 1 heterocycles. The van der Waals surface area contributed by atoms with E-state index in [1.54, 1.807) is 12.1 Å². The van der Waals surface area contributed by atoms with Crippen LogP contribution >= 0.6 is 11.6 Å². The third-order valence-corrected chi connectivity index (χ3v) is 3.36. The lowest BCUT2D eigenvalue weighted by atomic mass is 10.1. The molecule has 0 saturated heterocycles. The number of aryl methyl sites for hydroxylation is 3. The maximum atomic E-state index is 11.7. The Bertz CT molecular complexity index is 633. The molecule has 0 fully saturated rings. The molecule has 1 aromatic heterocycles. The molecule has 0 aliphatic carbocycles. The van der Waals surface area contributed by atoms with Gasteiger partial charge in [0.05, 0.1) is 6.54 Å². The van der Waals surface area contributed by atoms with Gasteiger partial charge in [-0.05, 0) is 49.2 Å². The number of tetrazole rings is 1. The van der Waals surface area contributed by atoms with Crippen molar-refractivity contribution in [2.24, 2.45) is 0 Å². The molecule has 2 aromatic rings. The van der Waals surface area contributed by atoms with Crippen molar-refractivity contribution in [3.63, 3.8) is 0 Å². The summed E-state index contributed by atoms with van der Waals surface area (Å²) in [6, 6.07) is 3.57. The van der Waals surface area contributed by atoms with Gasteiger partial charge in [-0.3, -0.25) is 10.1 Å². The monoisotopic (exact) mass is 309 g/mol. The van der Waals surface area contributed by atoms with Crippen LogP contribution in [0.2, 0.25) is 5.02 Å². The first kappa shape index (κ1) is 15.2. The number of aromatic nitrogens is 4. The predicted molar refractivity (Wildman–Crippen MR) is 78.5 cm³/mol. The highest BCUT2D eigenvalue weighted by molar-refractivity contribution is 6.32. The van der Waals surface area contributed by atoms with E-state index in [0.29, 0.717) is 17.3 Å². The number of amides is 1. The molecular formula is C13H16ClN5O2. The van der Waals surface area contributed by atoms with Crippen LogP contribution in [0.3, 0.4) is 0 Å². The molecule has 1 amide bonds. The van der Waals surface area contributed by atoms with Gasteiger partial charge in [0.1, 0.15) is 5.75 Å². The van der Waals surface area contributed by atoms with Gasteiger partial charge in [-0.2, -0.15) is 4.80 Å². The zero-order valence-corrected chi connectivity index (χ0v) is 12.8. The predicted octanol–water partition coefficient (Wildman–Crippen LogP) is 1.98. The van der Waals surface area contributed by atoms with E-state index in [1.165, 1.54) is 4.80 Å². The lowest BCUT2D eigenvalue weighted by molar-refractivity contribution is -0.118. The summed E-state index contributed by atoms with van der Waals surface area (Å²) in [7, 11) is 0. The third kappa shape index (κ3) is 3.91. The van der Waals surface area contributed by atoms with Crippen molar-refractivity contribution < 1.29 is 9.53 Å². The van der Waals surface area contributed by atoms with Crippen molar-refractivity contribution in [3.05, 3.63) is 28.3 Å². The van der Waals surface area contributed by atoms with Crippen molar-refractivity contribution in [1.29, 1.82) is 0 Å². The molecule has 7 nitrogen and oxygen atoms in total. The minimum Gasteiger partial charge on any atom is -0.484 e. The van der Waals surface area contributed by atoms with Crippen LogP contribution in [0, 0.1) is 13.8 Å². The molecule has 1 aromatic carbocycles. The minimum absolute atomic E-state index is 0.138. The number of rotatable bonds is 5. The number of carbonyl (C=O) groups excluding carboxylic acids is 1. The van der Waals surface area contributed by atoms with Crippen molar-refractivity contribution in [3.8, 4) is 5.75 Å². The number of hydrogen-bond acceptors (Lipinski definition) is 5. The Kier molecular flexibility index (Phi) is 4.74. The quantitative estimate of drug-likeness (QED) is 0.913. The zero-order valence-electron chi connectivity index (χ0n) is 12.1. The highest BCUT2D eigenvalue weighted by Crippen LogP contribution is 2.25. The van der Waals surface area contributed by atoms with Gasteiger partial charge in [0, 0.05) is 5.02 Å². The van der Waals surface area contributed by atoms with Crippen LogP contribution in [0.5, 0.6) is 5.75 Å². The van der Waals surface area contributed by atoms with Crippen LogP contribution in [0.4, 0.5) is 5.95 Å². The van der Waals surface area contributed by atoms with Gasteiger partial charge in [-0.1, -0.05) is 16.7 Å². The average molecular weight is 310 g/mol. The molecule has 0 atom stereocenters. The van der Waals surface area contributed by atoms with Gasteiger partial charge in [-0.15, -0.1) is 5.10 Å². The van der Waals surface area contributed by atoms with Gasteiger partial charge in [0.25, 0.3) is 11.9 Å². The summed E-state index contributed by atoms with van der Waals surface area (Å²) in [6.07, 6.45) is 0. The number of carbonyl (C=O) groups is 1. The van der Waals surface area contributed by atoms with Crippen LogP contribution in [-0.2, 0) is 11.3 Å². The Balaban J connectivity index is 1.92. The number of halogens is 1. The van der Waals surface area contributed by atoms with E-state index in [-0.39, 0.29) is 18.5 Å². The van der Waals surface area contributed by atoms with Crippen LogP contribution in [0.25, 0.3) is 0 Å². The van der Waals surface area contributed by atoms with E-state index in [4.69, 9.17) is 16.3 Å². The van der Waals surface area contributed by atoms with E-state index in [0.717, 1.165) is 11.1 Å². The summed E-state index contributed by atoms with van der Waals surface area (Å²) in [4.78, 5) is 13.1. The molecule has 0 spiro atoms. The average Bonchev–Trinajstić information content (AvgIpc) is 2.90. The molecule has 8 heteroatoms. The molecule has 21 heavy (non-hydrogen) atoms. The normalized spacial score (nSPS) is 10.5. The van der Waals surface area contributed by atoms with E-state index in [1.807, 2.05) is 20.8 Å². The number of anilines is 1. The lowest BCUT2D eigenvalue weighted by Crippen LogP contribution is -2.21. The second kappa shape index (κ2) is 6.53. The molecule has 1 N–H and O–H groups in total. The lowest BCUT2D eigenvalue weighted by Gasteiger charge is -2.09. The number of benzene rings is 1. The first-order chi connectivity index (χ1) is 9.99. The van der Waals surface area contributed by atoms with Gasteiger partial charge in [0.15, 0.2) is 6.61 Å². The topological polar surface area (TPSA) is 81.9 Å². The van der Waals surface area contributed by atoms with Gasteiger partial charge >= 0.3 is 0 Å². The fourth-order valence-electron chi connectivity index (χ4n) is 1.73. The number of nitrogens with zero attached hydrogens (tertiary/aromatic N) is 4. The van der Waals surface area contributed by atoms with Crippen molar-refractivity contribution in [2.45, 2.75) is 27.3 Å². The number of hydrogen-bond donors (Lipinski definition) is 1. The summed E-state index contributed by atoms with van der Waals surface area (Å²) in [5.41, 5.74) is 1.80. The fraction of sp³-hybridized carbons (Fsp3) is 0.385. The molecule has 0 aliphatic heterocycles. The number of ether oxygens (including phenoxy) is 1. The molecular weight excluding hydrogens is 294 g/mol. The van der Waals surface area contributed by atoms with Crippen LogP contribution in [0.15, 0.2) is 12.1 Å². The Morgan fingerprint density at radius 3 is 2.62 bits per heavy atom. The SMILES string of the molecule is CCn1nnc(NC(=O)COc2cc(C)c(Cl)c(C)c2)n1. The minimum atomic E-state index is -0.351. The Morgan fingerprint density at radius 2 is 2.05 bits per heavy atom. The molecule has 0 radical (unpaired) electrons. The van der Waals surface area contributed by atoms with E-state index >= 15 is 0 Å². The largest absolute Gasteiger partial charge is 0.484 e. The maximum absolute atomic E-state index is 11.7. The van der Waals surface area contributed by atoms with Crippen molar-refractivity contribution >= 4 is 23.5 Å². The fourth-order valence-corrected chi connectivity index (χ4v) is 1.84. The Labute approximate surface area is 127 Å². The van der Waals surface area contributed by atoms with E-state index in [2.05, 4.69) is 20.7 Å². The van der Waals surface area contributed by atoms with Crippen molar-refractivity contribution in [1.82, 2.24) is 20.2 Å². The molecule has 0 saturated carbocycles.